The fraction of sp³-hybridized carbons (Fsp3) is 0.529. The summed E-state index contributed by atoms with van der Waals surface area (Å²) in [6.45, 7) is 2.33. The Balaban J connectivity index is 1.71. The summed E-state index contributed by atoms with van der Waals surface area (Å²) < 4.78 is 26.2. The molecule has 2 N–H and O–H groups in total. The first-order chi connectivity index (χ1) is 11.0. The molecule has 4 nitrogen and oxygen atoms in total. The molecule has 0 spiro atoms. The number of nitrogens with one attached hydrogen (secondary N) is 2. The summed E-state index contributed by atoms with van der Waals surface area (Å²) in [4.78, 5) is 23.6. The monoisotopic (exact) mass is 324 g/mol. The van der Waals surface area contributed by atoms with E-state index >= 15 is 0 Å². The third-order valence-corrected chi connectivity index (χ3v) is 4.19. The van der Waals surface area contributed by atoms with Crippen molar-refractivity contribution in [2.24, 2.45) is 5.92 Å². The number of carbonyl (C=O) groups excluding carboxylic acids is 2. The largest absolute Gasteiger partial charge is 0.353 e. The lowest BCUT2D eigenvalue weighted by Gasteiger charge is -2.26. The lowest BCUT2D eigenvalue weighted by atomic mass is 9.87. The highest BCUT2D eigenvalue weighted by atomic mass is 19.1. The number of benzene rings is 1. The van der Waals surface area contributed by atoms with Gasteiger partial charge in [0.15, 0.2) is 0 Å². The van der Waals surface area contributed by atoms with Crippen LogP contribution in [0.5, 0.6) is 0 Å². The van der Waals surface area contributed by atoms with Crippen molar-refractivity contribution < 1.29 is 18.4 Å². The number of amides is 2. The van der Waals surface area contributed by atoms with Gasteiger partial charge in [-0.2, -0.15) is 0 Å². The molecule has 2 rings (SSSR count). The first kappa shape index (κ1) is 17.4. The number of rotatable bonds is 5. The summed E-state index contributed by atoms with van der Waals surface area (Å²) >= 11 is 0. The van der Waals surface area contributed by atoms with Gasteiger partial charge in [-0.25, -0.2) is 8.78 Å². The van der Waals surface area contributed by atoms with Gasteiger partial charge in [0.05, 0.1) is 5.56 Å². The van der Waals surface area contributed by atoms with E-state index in [2.05, 4.69) is 17.6 Å². The Morgan fingerprint density at radius 1 is 1.17 bits per heavy atom. The Morgan fingerprint density at radius 2 is 1.87 bits per heavy atom. The van der Waals surface area contributed by atoms with Crippen molar-refractivity contribution in [3.8, 4) is 0 Å². The van der Waals surface area contributed by atoms with Crippen LogP contribution in [0.4, 0.5) is 8.78 Å². The van der Waals surface area contributed by atoms with E-state index in [9.17, 15) is 18.4 Å². The fourth-order valence-electron chi connectivity index (χ4n) is 2.76. The summed E-state index contributed by atoms with van der Waals surface area (Å²) in [5.41, 5.74) is -0.229. The third-order valence-electron chi connectivity index (χ3n) is 4.19. The molecule has 126 valence electrons. The molecule has 1 fully saturated rings. The van der Waals surface area contributed by atoms with Gasteiger partial charge >= 0.3 is 0 Å². The molecule has 23 heavy (non-hydrogen) atoms. The summed E-state index contributed by atoms with van der Waals surface area (Å²) in [5.74, 6) is -1.71. The molecular formula is C17H22F2N2O2. The van der Waals surface area contributed by atoms with Gasteiger partial charge in [0.2, 0.25) is 5.91 Å². The molecule has 6 heteroatoms. The summed E-state index contributed by atoms with van der Waals surface area (Å²) in [6, 6.07) is 2.98. The quantitative estimate of drug-likeness (QED) is 0.875. The average molecular weight is 324 g/mol. The van der Waals surface area contributed by atoms with Gasteiger partial charge in [-0.1, -0.05) is 6.92 Å². The van der Waals surface area contributed by atoms with Crippen molar-refractivity contribution in [3.05, 3.63) is 35.4 Å². The second-order valence-electron chi connectivity index (χ2n) is 6.15. The maximum atomic E-state index is 13.4. The van der Waals surface area contributed by atoms with Gasteiger partial charge in [0.1, 0.15) is 11.6 Å². The molecule has 0 heterocycles. The van der Waals surface area contributed by atoms with Gasteiger partial charge in [0.25, 0.3) is 5.91 Å². The van der Waals surface area contributed by atoms with Crippen molar-refractivity contribution in [1.29, 1.82) is 0 Å². The molecule has 1 aliphatic rings. The van der Waals surface area contributed by atoms with E-state index in [1.165, 1.54) is 0 Å². The number of halogens is 2. The molecule has 0 atom stereocenters. The van der Waals surface area contributed by atoms with Crippen LogP contribution in [-0.4, -0.2) is 24.4 Å². The number of hydrogen-bond donors (Lipinski definition) is 2. The first-order valence-corrected chi connectivity index (χ1v) is 7.98. The van der Waals surface area contributed by atoms with Crippen LogP contribution in [0.3, 0.4) is 0 Å². The van der Waals surface area contributed by atoms with Gasteiger partial charge in [-0.15, -0.1) is 0 Å². The van der Waals surface area contributed by atoms with Crippen LogP contribution in [0.2, 0.25) is 0 Å². The molecule has 0 unspecified atom stereocenters. The molecule has 0 aliphatic heterocycles. The van der Waals surface area contributed by atoms with Crippen LogP contribution < -0.4 is 10.6 Å². The molecule has 1 saturated carbocycles. The van der Waals surface area contributed by atoms with Gasteiger partial charge < -0.3 is 10.6 Å². The Bertz CT molecular complexity index is 570. The van der Waals surface area contributed by atoms with Gasteiger partial charge in [-0.05, 0) is 43.7 Å². The van der Waals surface area contributed by atoms with E-state index < -0.39 is 17.5 Å². The van der Waals surface area contributed by atoms with E-state index in [0.717, 1.165) is 37.8 Å². The van der Waals surface area contributed by atoms with Crippen LogP contribution >= 0.6 is 0 Å². The zero-order valence-corrected chi connectivity index (χ0v) is 13.2. The Hall–Kier alpha value is -1.98. The van der Waals surface area contributed by atoms with Crippen LogP contribution in [0, 0.1) is 17.6 Å². The van der Waals surface area contributed by atoms with Crippen molar-refractivity contribution in [2.75, 3.05) is 6.54 Å². The Morgan fingerprint density at radius 3 is 2.52 bits per heavy atom. The number of hydrogen-bond acceptors (Lipinski definition) is 2. The molecular weight excluding hydrogens is 302 g/mol. The summed E-state index contributed by atoms with van der Waals surface area (Å²) in [7, 11) is 0. The number of carbonyl (C=O) groups is 2. The van der Waals surface area contributed by atoms with Crippen molar-refractivity contribution in [2.45, 2.75) is 45.1 Å². The van der Waals surface area contributed by atoms with E-state index in [-0.39, 0.29) is 30.5 Å². The minimum absolute atomic E-state index is 0.116. The predicted molar refractivity (Wildman–Crippen MR) is 82.9 cm³/mol. The van der Waals surface area contributed by atoms with Crippen molar-refractivity contribution in [3.63, 3.8) is 0 Å². The third kappa shape index (κ3) is 5.30. The van der Waals surface area contributed by atoms with Crippen molar-refractivity contribution >= 4 is 11.8 Å². The van der Waals surface area contributed by atoms with Crippen LogP contribution in [0.15, 0.2) is 18.2 Å². The molecule has 1 aromatic carbocycles. The SMILES string of the molecule is CC1CCC(NC(=O)CCNC(=O)c2ccc(F)cc2F)CC1. The van der Waals surface area contributed by atoms with Crippen LogP contribution in [-0.2, 0) is 4.79 Å². The predicted octanol–water partition coefficient (Wildman–Crippen LogP) is 2.78. The maximum absolute atomic E-state index is 13.4. The molecule has 2 amide bonds. The summed E-state index contributed by atoms with van der Waals surface area (Å²) in [5, 5.41) is 5.43. The minimum atomic E-state index is -0.914. The van der Waals surface area contributed by atoms with E-state index in [1.54, 1.807) is 0 Å². The molecule has 0 radical (unpaired) electrons. The van der Waals surface area contributed by atoms with Gasteiger partial charge in [0, 0.05) is 25.1 Å². The molecule has 0 bridgehead atoms. The van der Waals surface area contributed by atoms with E-state index in [4.69, 9.17) is 0 Å². The molecule has 0 aromatic heterocycles. The smallest absolute Gasteiger partial charge is 0.254 e. The second-order valence-corrected chi connectivity index (χ2v) is 6.15. The lowest BCUT2D eigenvalue weighted by molar-refractivity contribution is -0.121. The molecule has 1 aliphatic carbocycles. The normalized spacial score (nSPS) is 20.8. The highest BCUT2D eigenvalue weighted by Gasteiger charge is 2.19. The Labute approximate surface area is 134 Å². The minimum Gasteiger partial charge on any atom is -0.353 e. The highest BCUT2D eigenvalue weighted by Crippen LogP contribution is 2.23. The second kappa shape index (κ2) is 8.04. The van der Waals surface area contributed by atoms with E-state index in [1.807, 2.05) is 0 Å². The highest BCUT2D eigenvalue weighted by molar-refractivity contribution is 5.94. The Kier molecular flexibility index (Phi) is 6.07. The zero-order valence-electron chi connectivity index (χ0n) is 13.2. The van der Waals surface area contributed by atoms with Crippen LogP contribution in [0.25, 0.3) is 0 Å². The summed E-state index contributed by atoms with van der Waals surface area (Å²) in [6.07, 6.45) is 4.35. The first-order valence-electron chi connectivity index (χ1n) is 7.98. The maximum Gasteiger partial charge on any atom is 0.254 e. The van der Waals surface area contributed by atoms with Gasteiger partial charge in [-0.3, -0.25) is 9.59 Å². The zero-order chi connectivity index (χ0) is 16.8. The fourth-order valence-corrected chi connectivity index (χ4v) is 2.76. The van der Waals surface area contributed by atoms with Crippen molar-refractivity contribution in [1.82, 2.24) is 10.6 Å². The van der Waals surface area contributed by atoms with Crippen LogP contribution in [0.1, 0.15) is 49.4 Å². The lowest BCUT2D eigenvalue weighted by Crippen LogP contribution is -2.39. The molecule has 1 aromatic rings. The topological polar surface area (TPSA) is 58.2 Å². The standard InChI is InChI=1S/C17H22F2N2O2/c1-11-2-5-13(6-3-11)21-16(22)8-9-20-17(23)14-7-4-12(18)10-15(14)19/h4,7,10-11,13H,2-3,5-6,8-9H2,1H3,(H,20,23)(H,21,22). The average Bonchev–Trinajstić information content (AvgIpc) is 2.49. The van der Waals surface area contributed by atoms with E-state index in [0.29, 0.717) is 12.0 Å². The molecule has 0 saturated heterocycles.